The molecule has 2 unspecified atom stereocenters. The zero-order chi connectivity index (χ0) is 13.4. The lowest BCUT2D eigenvalue weighted by Crippen LogP contribution is -2.36. The summed E-state index contributed by atoms with van der Waals surface area (Å²) in [6.45, 7) is 2.06. The van der Waals surface area contributed by atoms with E-state index in [-0.39, 0.29) is 30.8 Å². The summed E-state index contributed by atoms with van der Waals surface area (Å²) in [5.74, 6) is 0.883. The Morgan fingerprint density at radius 3 is 2.72 bits per heavy atom. The van der Waals surface area contributed by atoms with Crippen molar-refractivity contribution in [1.29, 1.82) is 0 Å². The van der Waals surface area contributed by atoms with Crippen molar-refractivity contribution >= 4 is 11.7 Å². The molecule has 0 spiro atoms. The maximum atomic E-state index is 12.0. The van der Waals surface area contributed by atoms with Crippen LogP contribution in [0, 0.1) is 5.92 Å². The molecule has 0 amide bonds. The number of fused-ring (bicyclic) bond motifs is 1. The van der Waals surface area contributed by atoms with Crippen LogP contribution in [-0.2, 0) is 13.6 Å². The van der Waals surface area contributed by atoms with Crippen molar-refractivity contribution in [3.8, 4) is 0 Å². The van der Waals surface area contributed by atoms with Crippen LogP contribution >= 0.6 is 0 Å². The van der Waals surface area contributed by atoms with Crippen LogP contribution < -0.4 is 17.2 Å². The van der Waals surface area contributed by atoms with E-state index in [4.69, 9.17) is 16.6 Å². The number of rotatable bonds is 3. The van der Waals surface area contributed by atoms with Gasteiger partial charge in [0, 0.05) is 13.0 Å². The summed E-state index contributed by atoms with van der Waals surface area (Å²) < 4.78 is 2.90. The molecule has 0 aromatic carbocycles. The summed E-state index contributed by atoms with van der Waals surface area (Å²) in [5.41, 5.74) is 12.5. The Morgan fingerprint density at radius 2 is 2.17 bits per heavy atom. The van der Waals surface area contributed by atoms with Crippen molar-refractivity contribution in [3.63, 3.8) is 0 Å². The minimum Gasteiger partial charge on any atom is -0.395 e. The van der Waals surface area contributed by atoms with E-state index in [0.717, 1.165) is 6.42 Å². The van der Waals surface area contributed by atoms with Gasteiger partial charge in [-0.2, -0.15) is 0 Å². The van der Waals surface area contributed by atoms with Crippen LogP contribution in [0.25, 0.3) is 0 Å². The average Bonchev–Trinajstić information content (AvgIpc) is 2.55. The zero-order valence-electron chi connectivity index (χ0n) is 10.6. The average molecular weight is 253 g/mol. The van der Waals surface area contributed by atoms with Crippen molar-refractivity contribution in [2.45, 2.75) is 25.9 Å². The van der Waals surface area contributed by atoms with Crippen LogP contribution in [0.2, 0.25) is 0 Å². The molecule has 1 aromatic heterocycles. The zero-order valence-corrected chi connectivity index (χ0v) is 10.6. The van der Waals surface area contributed by atoms with Crippen molar-refractivity contribution in [2.75, 3.05) is 6.61 Å². The van der Waals surface area contributed by atoms with Crippen LogP contribution in [0.4, 0.5) is 5.82 Å². The van der Waals surface area contributed by atoms with Crippen molar-refractivity contribution in [3.05, 3.63) is 16.2 Å². The number of imidazole rings is 1. The highest BCUT2D eigenvalue weighted by Gasteiger charge is 2.33. The third-order valence-electron chi connectivity index (χ3n) is 3.49. The molecule has 1 aromatic rings. The van der Waals surface area contributed by atoms with E-state index in [1.54, 1.807) is 7.05 Å². The van der Waals surface area contributed by atoms with Gasteiger partial charge in [-0.15, -0.1) is 0 Å². The summed E-state index contributed by atoms with van der Waals surface area (Å²) in [4.78, 5) is 16.3. The highest BCUT2D eigenvalue weighted by atomic mass is 16.3. The third-order valence-corrected chi connectivity index (χ3v) is 3.49. The molecule has 0 aliphatic carbocycles. The van der Waals surface area contributed by atoms with Crippen molar-refractivity contribution in [2.24, 2.45) is 29.4 Å². The second-order valence-corrected chi connectivity index (χ2v) is 4.50. The van der Waals surface area contributed by atoms with E-state index in [2.05, 4.69) is 4.99 Å². The summed E-state index contributed by atoms with van der Waals surface area (Å²) in [5, 5.41) is 9.00. The van der Waals surface area contributed by atoms with Gasteiger partial charge in [-0.3, -0.25) is 9.13 Å². The Morgan fingerprint density at radius 1 is 1.50 bits per heavy atom. The van der Waals surface area contributed by atoms with E-state index in [9.17, 15) is 4.79 Å². The molecule has 7 heteroatoms. The molecule has 18 heavy (non-hydrogen) atoms. The van der Waals surface area contributed by atoms with Crippen LogP contribution in [0.3, 0.4) is 0 Å². The molecule has 7 nitrogen and oxygen atoms in total. The highest BCUT2D eigenvalue weighted by molar-refractivity contribution is 5.88. The lowest BCUT2D eigenvalue weighted by atomic mass is 9.91. The molecule has 5 N–H and O–H groups in total. The van der Waals surface area contributed by atoms with Gasteiger partial charge in [0.2, 0.25) is 0 Å². The molecular weight excluding hydrogens is 234 g/mol. The number of hydrogen-bond acceptors (Lipinski definition) is 5. The first-order valence-corrected chi connectivity index (χ1v) is 6.02. The quantitative estimate of drug-likeness (QED) is 0.655. The fourth-order valence-electron chi connectivity index (χ4n) is 2.50. The molecule has 0 bridgehead atoms. The Bertz CT molecular complexity index is 542. The number of amidine groups is 1. The molecule has 2 rings (SSSR count). The predicted octanol–water partition coefficient (Wildman–Crippen LogP) is -0.793. The number of hydrogen-bond donors (Lipinski definition) is 3. The van der Waals surface area contributed by atoms with E-state index in [1.165, 1.54) is 9.13 Å². The summed E-state index contributed by atoms with van der Waals surface area (Å²) >= 11 is 0. The first-order valence-electron chi connectivity index (χ1n) is 6.02. The van der Waals surface area contributed by atoms with Gasteiger partial charge in [0.15, 0.2) is 5.82 Å². The molecule has 0 saturated heterocycles. The molecule has 1 aliphatic heterocycles. The topological polar surface area (TPSA) is 112 Å². The lowest BCUT2D eigenvalue weighted by Gasteiger charge is -2.26. The second kappa shape index (κ2) is 4.58. The number of aromatic nitrogens is 2. The van der Waals surface area contributed by atoms with Crippen LogP contribution in [0.5, 0.6) is 0 Å². The van der Waals surface area contributed by atoms with E-state index in [0.29, 0.717) is 17.3 Å². The number of aliphatic imine (C=N–C) groups is 1. The van der Waals surface area contributed by atoms with E-state index in [1.807, 2.05) is 6.92 Å². The van der Waals surface area contributed by atoms with Gasteiger partial charge in [0.25, 0.3) is 0 Å². The number of nitrogens with two attached hydrogens (primary N) is 2. The van der Waals surface area contributed by atoms with Gasteiger partial charge in [0.1, 0.15) is 5.84 Å². The Kier molecular flexibility index (Phi) is 3.27. The third kappa shape index (κ3) is 1.67. The van der Waals surface area contributed by atoms with Gasteiger partial charge < -0.3 is 16.6 Å². The minimum absolute atomic E-state index is 0.0481. The van der Waals surface area contributed by atoms with E-state index >= 15 is 0 Å². The summed E-state index contributed by atoms with van der Waals surface area (Å²) in [7, 11) is 1.67. The second-order valence-electron chi connectivity index (χ2n) is 4.50. The van der Waals surface area contributed by atoms with Gasteiger partial charge in [-0.25, -0.2) is 9.79 Å². The Hall–Kier alpha value is -1.60. The first-order chi connectivity index (χ1) is 8.52. The normalized spacial score (nSPS) is 22.8. The molecule has 0 radical (unpaired) electrons. The van der Waals surface area contributed by atoms with Crippen LogP contribution in [-0.4, -0.2) is 26.7 Å². The van der Waals surface area contributed by atoms with Crippen LogP contribution in [0.15, 0.2) is 9.79 Å². The molecule has 1 aliphatic rings. The van der Waals surface area contributed by atoms with Gasteiger partial charge >= 0.3 is 5.69 Å². The maximum Gasteiger partial charge on any atom is 0.329 e. The molecule has 0 fully saturated rings. The number of aliphatic hydroxyl groups is 1. The fraction of sp³-hybridized carbons (Fsp3) is 0.636. The van der Waals surface area contributed by atoms with Gasteiger partial charge in [0.05, 0.1) is 24.9 Å². The van der Waals surface area contributed by atoms with Crippen LogP contribution in [0.1, 0.15) is 25.1 Å². The Labute approximate surface area is 105 Å². The lowest BCUT2D eigenvalue weighted by molar-refractivity contribution is 0.274. The number of nitrogens with zero attached hydrogens (tertiary/aromatic N) is 3. The largest absolute Gasteiger partial charge is 0.395 e. The maximum absolute atomic E-state index is 12.0. The van der Waals surface area contributed by atoms with E-state index < -0.39 is 0 Å². The highest BCUT2D eigenvalue weighted by Crippen LogP contribution is 2.34. The Balaban J connectivity index is 2.65. The van der Waals surface area contributed by atoms with Gasteiger partial charge in [-0.05, 0) is 6.42 Å². The molecule has 0 saturated carbocycles. The monoisotopic (exact) mass is 253 g/mol. The smallest absolute Gasteiger partial charge is 0.329 e. The standard InChI is InChI=1S/C11H19N5O2/c1-3-6-7(12)8-10(14-9(6)13)16(4-5-17)11(18)15(8)2/h6-7,17H,3-5,12H2,1-2H3,(H2,13,14). The van der Waals surface area contributed by atoms with Gasteiger partial charge in [-0.1, -0.05) is 6.92 Å². The molecule has 100 valence electrons. The molecular formula is C11H19N5O2. The molecule has 2 heterocycles. The van der Waals surface area contributed by atoms with Crippen molar-refractivity contribution in [1.82, 2.24) is 9.13 Å². The summed E-state index contributed by atoms with van der Waals surface area (Å²) in [6, 6.07) is -0.333. The SMILES string of the molecule is CCC1C(N)=Nc2c(n(C)c(=O)n2CCO)C1N. The van der Waals surface area contributed by atoms with Crippen molar-refractivity contribution < 1.29 is 5.11 Å². The molecule has 2 atom stereocenters. The minimum atomic E-state index is -0.333. The fourth-order valence-corrected chi connectivity index (χ4v) is 2.50. The predicted molar refractivity (Wildman–Crippen MR) is 68.8 cm³/mol. The summed E-state index contributed by atoms with van der Waals surface area (Å²) in [6.07, 6.45) is 0.773. The first kappa shape index (κ1) is 12.8. The number of aliphatic hydroxyl groups excluding tert-OH is 1.